The molecule has 0 bridgehead atoms. The van der Waals surface area contributed by atoms with Crippen molar-refractivity contribution in [1.82, 2.24) is 0 Å². The minimum absolute atomic E-state index is 0.193. The monoisotopic (exact) mass is 452 g/mol. The molecule has 0 heterocycles. The average molecular weight is 453 g/mol. The van der Waals surface area contributed by atoms with Crippen molar-refractivity contribution in [2.24, 2.45) is 11.8 Å². The SMILES string of the molecule is Cc1ccc2c(OCC(=O)OCC(C)C)c3ccccc3c(OCC(=O)OCC(C)C)c2c1. The fourth-order valence-electron chi connectivity index (χ4n) is 3.39. The molecule has 0 saturated heterocycles. The van der Waals surface area contributed by atoms with Gasteiger partial charge in [-0.25, -0.2) is 9.59 Å². The Morgan fingerprint density at radius 2 is 1.15 bits per heavy atom. The minimum Gasteiger partial charge on any atom is -0.481 e. The summed E-state index contributed by atoms with van der Waals surface area (Å²) >= 11 is 0. The maximum Gasteiger partial charge on any atom is 0.344 e. The molecule has 0 aliphatic carbocycles. The Labute approximate surface area is 194 Å². The third kappa shape index (κ3) is 6.37. The standard InChI is InChI=1S/C27H32O6/c1-17(2)13-30-24(28)15-32-26-20-8-6-7-9-21(20)27(23-12-19(5)10-11-22(23)26)33-16-25(29)31-14-18(3)4/h6-12,17-18H,13-16H2,1-5H3. The van der Waals surface area contributed by atoms with E-state index in [0.29, 0.717) is 24.7 Å². The summed E-state index contributed by atoms with van der Waals surface area (Å²) in [5, 5.41) is 3.17. The maximum atomic E-state index is 12.2. The number of carbonyl (C=O) groups is 2. The third-order valence-corrected chi connectivity index (χ3v) is 4.90. The van der Waals surface area contributed by atoms with Crippen molar-refractivity contribution < 1.29 is 28.5 Å². The molecule has 3 aromatic rings. The summed E-state index contributed by atoms with van der Waals surface area (Å²) in [6, 6.07) is 13.5. The first-order chi connectivity index (χ1) is 15.8. The van der Waals surface area contributed by atoms with Crippen molar-refractivity contribution in [3.63, 3.8) is 0 Å². The van der Waals surface area contributed by atoms with E-state index in [1.165, 1.54) is 0 Å². The van der Waals surface area contributed by atoms with Crippen LogP contribution in [0, 0.1) is 18.8 Å². The Kier molecular flexibility index (Phi) is 8.15. The molecule has 0 saturated carbocycles. The highest BCUT2D eigenvalue weighted by Crippen LogP contribution is 2.43. The van der Waals surface area contributed by atoms with Crippen LogP contribution in [0.15, 0.2) is 42.5 Å². The van der Waals surface area contributed by atoms with Crippen LogP contribution in [0.3, 0.4) is 0 Å². The zero-order valence-corrected chi connectivity index (χ0v) is 20.0. The molecule has 33 heavy (non-hydrogen) atoms. The second-order valence-corrected chi connectivity index (χ2v) is 8.98. The van der Waals surface area contributed by atoms with Crippen LogP contribution < -0.4 is 9.47 Å². The van der Waals surface area contributed by atoms with E-state index >= 15 is 0 Å². The van der Waals surface area contributed by atoms with Gasteiger partial charge in [-0.2, -0.15) is 0 Å². The summed E-state index contributed by atoms with van der Waals surface area (Å²) in [6.07, 6.45) is 0. The number of fused-ring (bicyclic) bond motifs is 2. The van der Waals surface area contributed by atoms with Gasteiger partial charge in [0.15, 0.2) is 13.2 Å². The predicted molar refractivity (Wildman–Crippen MR) is 129 cm³/mol. The quantitative estimate of drug-likeness (QED) is 0.301. The molecule has 0 spiro atoms. The molecule has 0 aromatic heterocycles. The molecule has 0 fully saturated rings. The number of benzene rings is 3. The number of hydrogen-bond donors (Lipinski definition) is 0. The lowest BCUT2D eigenvalue weighted by Gasteiger charge is -2.18. The molecular formula is C27H32O6. The van der Waals surface area contributed by atoms with Crippen molar-refractivity contribution >= 4 is 33.5 Å². The molecule has 176 valence electrons. The molecule has 0 radical (unpaired) electrons. The van der Waals surface area contributed by atoms with Crippen LogP contribution >= 0.6 is 0 Å². The van der Waals surface area contributed by atoms with E-state index in [1.54, 1.807) is 0 Å². The van der Waals surface area contributed by atoms with E-state index in [-0.39, 0.29) is 25.0 Å². The van der Waals surface area contributed by atoms with E-state index in [2.05, 4.69) is 0 Å². The molecule has 3 aromatic carbocycles. The Morgan fingerprint density at radius 1 is 0.697 bits per heavy atom. The molecule has 0 N–H and O–H groups in total. The van der Waals surface area contributed by atoms with Crippen molar-refractivity contribution in [3.8, 4) is 11.5 Å². The van der Waals surface area contributed by atoms with Crippen LogP contribution in [0.4, 0.5) is 0 Å². The molecular weight excluding hydrogens is 420 g/mol. The molecule has 6 nitrogen and oxygen atoms in total. The van der Waals surface area contributed by atoms with Gasteiger partial charge in [0.25, 0.3) is 0 Å². The van der Waals surface area contributed by atoms with Gasteiger partial charge in [-0.05, 0) is 24.8 Å². The number of carbonyl (C=O) groups excluding carboxylic acids is 2. The van der Waals surface area contributed by atoms with E-state index in [9.17, 15) is 9.59 Å². The number of aryl methyl sites for hydroxylation is 1. The molecule has 0 unspecified atom stereocenters. The molecule has 0 aliphatic rings. The fourth-order valence-corrected chi connectivity index (χ4v) is 3.39. The highest BCUT2D eigenvalue weighted by molar-refractivity contribution is 6.11. The van der Waals surface area contributed by atoms with Crippen LogP contribution in [-0.4, -0.2) is 38.4 Å². The third-order valence-electron chi connectivity index (χ3n) is 4.90. The van der Waals surface area contributed by atoms with Gasteiger partial charge in [0, 0.05) is 21.5 Å². The summed E-state index contributed by atoms with van der Waals surface area (Å²) in [4.78, 5) is 24.4. The van der Waals surface area contributed by atoms with E-state index in [4.69, 9.17) is 18.9 Å². The van der Waals surface area contributed by atoms with Gasteiger partial charge < -0.3 is 18.9 Å². The maximum absolute atomic E-state index is 12.2. The highest BCUT2D eigenvalue weighted by Gasteiger charge is 2.19. The highest BCUT2D eigenvalue weighted by atomic mass is 16.6. The summed E-state index contributed by atoms with van der Waals surface area (Å²) in [5.41, 5.74) is 1.03. The first-order valence-corrected chi connectivity index (χ1v) is 11.3. The zero-order chi connectivity index (χ0) is 24.0. The fraction of sp³-hybridized carbons (Fsp3) is 0.407. The van der Waals surface area contributed by atoms with Crippen molar-refractivity contribution in [2.75, 3.05) is 26.4 Å². The van der Waals surface area contributed by atoms with E-state index in [1.807, 2.05) is 77.1 Å². The lowest BCUT2D eigenvalue weighted by Crippen LogP contribution is -2.18. The summed E-state index contributed by atoms with van der Waals surface area (Å²) < 4.78 is 22.5. The molecule has 0 atom stereocenters. The number of ether oxygens (including phenoxy) is 4. The Balaban J connectivity index is 1.97. The first kappa shape index (κ1) is 24.4. The van der Waals surface area contributed by atoms with Crippen LogP contribution in [0.1, 0.15) is 33.3 Å². The van der Waals surface area contributed by atoms with Crippen molar-refractivity contribution in [2.45, 2.75) is 34.6 Å². The van der Waals surface area contributed by atoms with Crippen LogP contribution in [0.25, 0.3) is 21.5 Å². The Morgan fingerprint density at radius 3 is 1.64 bits per heavy atom. The Bertz CT molecular complexity index is 1130. The summed E-state index contributed by atoms with van der Waals surface area (Å²) in [7, 11) is 0. The van der Waals surface area contributed by atoms with Gasteiger partial charge >= 0.3 is 11.9 Å². The largest absolute Gasteiger partial charge is 0.481 e. The normalized spacial score (nSPS) is 11.2. The van der Waals surface area contributed by atoms with E-state index < -0.39 is 11.9 Å². The van der Waals surface area contributed by atoms with Gasteiger partial charge in [-0.15, -0.1) is 0 Å². The van der Waals surface area contributed by atoms with Crippen LogP contribution in [0.2, 0.25) is 0 Å². The van der Waals surface area contributed by atoms with Gasteiger partial charge in [0.2, 0.25) is 0 Å². The lowest BCUT2D eigenvalue weighted by atomic mass is 9.99. The molecule has 0 amide bonds. The molecule has 6 heteroatoms. The number of hydrogen-bond acceptors (Lipinski definition) is 6. The topological polar surface area (TPSA) is 71.1 Å². The van der Waals surface area contributed by atoms with Crippen LogP contribution in [-0.2, 0) is 19.1 Å². The first-order valence-electron chi connectivity index (χ1n) is 11.3. The van der Waals surface area contributed by atoms with Crippen molar-refractivity contribution in [1.29, 1.82) is 0 Å². The number of rotatable bonds is 10. The lowest BCUT2D eigenvalue weighted by molar-refractivity contribution is -0.147. The van der Waals surface area contributed by atoms with Gasteiger partial charge in [-0.1, -0.05) is 69.7 Å². The average Bonchev–Trinajstić information content (AvgIpc) is 2.78. The van der Waals surface area contributed by atoms with Crippen molar-refractivity contribution in [3.05, 3.63) is 48.0 Å². The second-order valence-electron chi connectivity index (χ2n) is 8.98. The number of esters is 2. The van der Waals surface area contributed by atoms with Crippen LogP contribution in [0.5, 0.6) is 11.5 Å². The molecule has 3 rings (SSSR count). The molecule has 0 aliphatic heterocycles. The van der Waals surface area contributed by atoms with Gasteiger partial charge in [0.05, 0.1) is 13.2 Å². The second kappa shape index (κ2) is 11.0. The summed E-state index contributed by atoms with van der Waals surface area (Å²) in [6.45, 7) is 10.2. The van der Waals surface area contributed by atoms with Gasteiger partial charge in [0.1, 0.15) is 11.5 Å². The summed E-state index contributed by atoms with van der Waals surface area (Å²) in [5.74, 6) is 0.838. The smallest absolute Gasteiger partial charge is 0.344 e. The van der Waals surface area contributed by atoms with Gasteiger partial charge in [-0.3, -0.25) is 0 Å². The Hall–Kier alpha value is -3.28. The van der Waals surface area contributed by atoms with E-state index in [0.717, 1.165) is 27.1 Å². The predicted octanol–water partition coefficient (Wildman–Crippen LogP) is 5.46. The zero-order valence-electron chi connectivity index (χ0n) is 20.0. The minimum atomic E-state index is -0.415.